The molecule has 0 spiro atoms. The SMILES string of the molecule is COC[C@@H]1O[C@H](COc2ccccc2)C[C@H]1C(=O)OC. The second kappa shape index (κ2) is 7.26. The lowest BCUT2D eigenvalue weighted by atomic mass is 10.00. The van der Waals surface area contributed by atoms with Crippen molar-refractivity contribution in [1.82, 2.24) is 0 Å². The first-order valence-corrected chi connectivity index (χ1v) is 6.64. The van der Waals surface area contributed by atoms with E-state index in [1.54, 1.807) is 7.11 Å². The minimum Gasteiger partial charge on any atom is -0.491 e. The Morgan fingerprint density at radius 2 is 2.00 bits per heavy atom. The molecule has 1 fully saturated rings. The Morgan fingerprint density at radius 1 is 1.25 bits per heavy atom. The molecule has 1 aromatic carbocycles. The van der Waals surface area contributed by atoms with Gasteiger partial charge in [0.1, 0.15) is 12.4 Å². The molecule has 0 saturated carbocycles. The summed E-state index contributed by atoms with van der Waals surface area (Å²) in [5.74, 6) is 0.250. The highest BCUT2D eigenvalue weighted by Gasteiger charge is 2.40. The zero-order chi connectivity index (χ0) is 14.4. The van der Waals surface area contributed by atoms with Crippen LogP contribution in [0.5, 0.6) is 5.75 Å². The number of hydrogen-bond acceptors (Lipinski definition) is 5. The van der Waals surface area contributed by atoms with E-state index in [1.807, 2.05) is 30.3 Å². The van der Waals surface area contributed by atoms with Crippen LogP contribution in [0.3, 0.4) is 0 Å². The number of hydrogen-bond donors (Lipinski definition) is 0. The van der Waals surface area contributed by atoms with E-state index in [4.69, 9.17) is 18.9 Å². The third-order valence-corrected chi connectivity index (χ3v) is 3.35. The molecule has 0 bridgehead atoms. The normalized spacial score (nSPS) is 25.4. The second-order valence-corrected chi connectivity index (χ2v) is 4.74. The van der Waals surface area contributed by atoms with Gasteiger partial charge in [0, 0.05) is 7.11 Å². The molecule has 1 aromatic rings. The summed E-state index contributed by atoms with van der Waals surface area (Å²) in [5, 5.41) is 0. The third-order valence-electron chi connectivity index (χ3n) is 3.35. The first kappa shape index (κ1) is 14.8. The highest BCUT2D eigenvalue weighted by Crippen LogP contribution is 2.28. The van der Waals surface area contributed by atoms with Crippen LogP contribution in [0.15, 0.2) is 30.3 Å². The van der Waals surface area contributed by atoms with Crippen LogP contribution in [0.25, 0.3) is 0 Å². The molecule has 1 aliphatic rings. The third kappa shape index (κ3) is 3.71. The first-order chi connectivity index (χ1) is 9.74. The minimum atomic E-state index is -0.288. The zero-order valence-corrected chi connectivity index (χ0v) is 11.8. The number of para-hydroxylation sites is 1. The van der Waals surface area contributed by atoms with Gasteiger partial charge < -0.3 is 18.9 Å². The zero-order valence-electron chi connectivity index (χ0n) is 11.8. The first-order valence-electron chi connectivity index (χ1n) is 6.64. The van der Waals surface area contributed by atoms with Gasteiger partial charge in [0.05, 0.1) is 31.8 Å². The van der Waals surface area contributed by atoms with Gasteiger partial charge in [-0.15, -0.1) is 0 Å². The van der Waals surface area contributed by atoms with E-state index in [2.05, 4.69) is 0 Å². The Kier molecular flexibility index (Phi) is 5.38. The van der Waals surface area contributed by atoms with Crippen molar-refractivity contribution in [1.29, 1.82) is 0 Å². The molecular weight excluding hydrogens is 260 g/mol. The predicted molar refractivity (Wildman–Crippen MR) is 72.6 cm³/mol. The molecule has 0 amide bonds. The van der Waals surface area contributed by atoms with E-state index < -0.39 is 0 Å². The average Bonchev–Trinajstić information content (AvgIpc) is 2.89. The monoisotopic (exact) mass is 280 g/mol. The van der Waals surface area contributed by atoms with E-state index in [0.717, 1.165) is 5.75 Å². The summed E-state index contributed by atoms with van der Waals surface area (Å²) < 4.78 is 21.4. The van der Waals surface area contributed by atoms with Gasteiger partial charge in [0.25, 0.3) is 0 Å². The Bertz CT molecular complexity index is 420. The van der Waals surface area contributed by atoms with Gasteiger partial charge in [-0.2, -0.15) is 0 Å². The van der Waals surface area contributed by atoms with E-state index in [1.165, 1.54) is 7.11 Å². The van der Waals surface area contributed by atoms with Gasteiger partial charge in [-0.3, -0.25) is 4.79 Å². The fourth-order valence-corrected chi connectivity index (χ4v) is 2.36. The Hall–Kier alpha value is -1.59. The molecular formula is C15H20O5. The van der Waals surface area contributed by atoms with Crippen molar-refractivity contribution in [3.8, 4) is 5.75 Å². The van der Waals surface area contributed by atoms with E-state index in [-0.39, 0.29) is 24.1 Å². The topological polar surface area (TPSA) is 54.0 Å². The van der Waals surface area contributed by atoms with Crippen molar-refractivity contribution in [2.24, 2.45) is 5.92 Å². The maximum Gasteiger partial charge on any atom is 0.311 e. The molecule has 5 nitrogen and oxygen atoms in total. The molecule has 0 aliphatic carbocycles. The number of benzene rings is 1. The van der Waals surface area contributed by atoms with Crippen LogP contribution in [-0.4, -0.2) is 45.6 Å². The molecule has 0 radical (unpaired) electrons. The molecule has 0 aromatic heterocycles. The smallest absolute Gasteiger partial charge is 0.311 e. The maximum atomic E-state index is 11.7. The van der Waals surface area contributed by atoms with Crippen molar-refractivity contribution in [2.75, 3.05) is 27.4 Å². The van der Waals surface area contributed by atoms with Crippen LogP contribution in [-0.2, 0) is 19.0 Å². The highest BCUT2D eigenvalue weighted by atomic mass is 16.6. The molecule has 1 aliphatic heterocycles. The summed E-state index contributed by atoms with van der Waals surface area (Å²) >= 11 is 0. The number of rotatable bonds is 6. The highest BCUT2D eigenvalue weighted by molar-refractivity contribution is 5.73. The van der Waals surface area contributed by atoms with Crippen molar-refractivity contribution in [2.45, 2.75) is 18.6 Å². The Labute approximate surface area is 118 Å². The summed E-state index contributed by atoms with van der Waals surface area (Å²) in [6.45, 7) is 0.791. The fraction of sp³-hybridized carbons (Fsp3) is 0.533. The predicted octanol–water partition coefficient (Wildman–Crippen LogP) is 1.66. The lowest BCUT2D eigenvalue weighted by molar-refractivity contribution is -0.148. The molecule has 1 saturated heterocycles. The van der Waals surface area contributed by atoms with Crippen LogP contribution in [0.4, 0.5) is 0 Å². The van der Waals surface area contributed by atoms with Gasteiger partial charge >= 0.3 is 5.97 Å². The van der Waals surface area contributed by atoms with Crippen molar-refractivity contribution in [3.05, 3.63) is 30.3 Å². The van der Waals surface area contributed by atoms with Crippen LogP contribution >= 0.6 is 0 Å². The van der Waals surface area contributed by atoms with E-state index >= 15 is 0 Å². The summed E-state index contributed by atoms with van der Waals surface area (Å²) in [5.41, 5.74) is 0. The number of esters is 1. The average molecular weight is 280 g/mol. The summed E-state index contributed by atoms with van der Waals surface area (Å²) in [7, 11) is 2.98. The Morgan fingerprint density at radius 3 is 2.65 bits per heavy atom. The van der Waals surface area contributed by atoms with E-state index in [9.17, 15) is 4.79 Å². The number of methoxy groups -OCH3 is 2. The summed E-state index contributed by atoms with van der Waals surface area (Å²) in [6, 6.07) is 9.53. The van der Waals surface area contributed by atoms with Gasteiger partial charge in [0.2, 0.25) is 0 Å². The van der Waals surface area contributed by atoms with Crippen molar-refractivity contribution < 1.29 is 23.7 Å². The summed E-state index contributed by atoms with van der Waals surface area (Å²) in [6.07, 6.45) is 0.198. The molecule has 5 heteroatoms. The Balaban J connectivity index is 1.89. The number of carbonyl (C=O) groups excluding carboxylic acids is 1. The lowest BCUT2D eigenvalue weighted by Gasteiger charge is -2.15. The van der Waals surface area contributed by atoms with Gasteiger partial charge in [0.15, 0.2) is 0 Å². The minimum absolute atomic E-state index is 0.126. The van der Waals surface area contributed by atoms with Gasteiger partial charge in [-0.05, 0) is 18.6 Å². The molecule has 110 valence electrons. The molecule has 0 unspecified atom stereocenters. The second-order valence-electron chi connectivity index (χ2n) is 4.74. The lowest BCUT2D eigenvalue weighted by Crippen LogP contribution is -2.29. The molecule has 20 heavy (non-hydrogen) atoms. The molecule has 1 heterocycles. The fourth-order valence-electron chi connectivity index (χ4n) is 2.36. The molecule has 3 atom stereocenters. The number of ether oxygens (including phenoxy) is 4. The van der Waals surface area contributed by atoms with Crippen LogP contribution < -0.4 is 4.74 Å². The van der Waals surface area contributed by atoms with Gasteiger partial charge in [-0.25, -0.2) is 0 Å². The van der Waals surface area contributed by atoms with Crippen LogP contribution in [0.2, 0.25) is 0 Å². The largest absolute Gasteiger partial charge is 0.491 e. The molecule has 2 rings (SSSR count). The molecule has 0 N–H and O–H groups in total. The standard InChI is InChI=1S/C15H20O5/c1-17-10-14-13(15(16)18-2)8-12(20-14)9-19-11-6-4-3-5-7-11/h3-7,12-14H,8-10H2,1-2H3/t12-,13+,14-/m0/s1. The van der Waals surface area contributed by atoms with Crippen LogP contribution in [0, 0.1) is 5.92 Å². The van der Waals surface area contributed by atoms with Crippen LogP contribution in [0.1, 0.15) is 6.42 Å². The maximum absolute atomic E-state index is 11.7. The van der Waals surface area contributed by atoms with Crippen molar-refractivity contribution >= 4 is 5.97 Å². The summed E-state index contributed by atoms with van der Waals surface area (Å²) in [4.78, 5) is 11.7. The number of carbonyl (C=O) groups is 1. The quantitative estimate of drug-likeness (QED) is 0.742. The van der Waals surface area contributed by atoms with Crippen molar-refractivity contribution in [3.63, 3.8) is 0 Å². The van der Waals surface area contributed by atoms with E-state index in [0.29, 0.717) is 19.6 Å². The van der Waals surface area contributed by atoms with Gasteiger partial charge in [-0.1, -0.05) is 18.2 Å².